The van der Waals surface area contributed by atoms with Crippen molar-refractivity contribution in [1.82, 2.24) is 0 Å². The molecule has 3 rings (SSSR count). The summed E-state index contributed by atoms with van der Waals surface area (Å²) in [7, 11) is 3.08. The van der Waals surface area contributed by atoms with Crippen molar-refractivity contribution < 1.29 is 28.5 Å². The molecule has 0 radical (unpaired) electrons. The standard InChI is InChI=1S/C22H17ClO6/c1-26-16-6-3-14(4-7-16)21(24)29-20-12-5-15(13-19(20)23)22(25)28-18-10-8-17(27-2)9-11-18/h3-13H,1-2H3. The van der Waals surface area contributed by atoms with Gasteiger partial charge in [-0.3, -0.25) is 0 Å². The van der Waals surface area contributed by atoms with Gasteiger partial charge in [-0.15, -0.1) is 0 Å². The first-order chi connectivity index (χ1) is 14.0. The molecule has 0 aliphatic heterocycles. The molecule has 0 saturated heterocycles. The molecule has 0 unspecified atom stereocenters. The summed E-state index contributed by atoms with van der Waals surface area (Å²) in [5, 5.41) is 0.107. The van der Waals surface area contributed by atoms with E-state index >= 15 is 0 Å². The van der Waals surface area contributed by atoms with Crippen LogP contribution in [-0.4, -0.2) is 26.2 Å². The smallest absolute Gasteiger partial charge is 0.343 e. The van der Waals surface area contributed by atoms with Gasteiger partial charge in [-0.25, -0.2) is 9.59 Å². The van der Waals surface area contributed by atoms with Crippen molar-refractivity contribution in [3.05, 3.63) is 82.9 Å². The highest BCUT2D eigenvalue weighted by Crippen LogP contribution is 2.27. The molecule has 3 aromatic carbocycles. The number of halogens is 1. The lowest BCUT2D eigenvalue weighted by Gasteiger charge is -2.09. The zero-order valence-electron chi connectivity index (χ0n) is 15.7. The third-order valence-corrected chi connectivity index (χ3v) is 4.26. The average Bonchev–Trinajstić information content (AvgIpc) is 2.75. The van der Waals surface area contributed by atoms with E-state index in [1.807, 2.05) is 0 Å². The highest BCUT2D eigenvalue weighted by atomic mass is 35.5. The Bertz CT molecular complexity index is 1010. The minimum Gasteiger partial charge on any atom is -0.497 e. The monoisotopic (exact) mass is 412 g/mol. The zero-order chi connectivity index (χ0) is 20.8. The van der Waals surface area contributed by atoms with Crippen molar-refractivity contribution in [3.63, 3.8) is 0 Å². The van der Waals surface area contributed by atoms with Gasteiger partial charge < -0.3 is 18.9 Å². The van der Waals surface area contributed by atoms with Crippen LogP contribution < -0.4 is 18.9 Å². The molecule has 0 atom stereocenters. The molecular formula is C22H17ClO6. The maximum absolute atomic E-state index is 12.3. The Hall–Kier alpha value is -3.51. The van der Waals surface area contributed by atoms with E-state index in [9.17, 15) is 9.59 Å². The van der Waals surface area contributed by atoms with Crippen LogP contribution in [0, 0.1) is 0 Å². The van der Waals surface area contributed by atoms with Crippen molar-refractivity contribution in [2.45, 2.75) is 0 Å². The van der Waals surface area contributed by atoms with Gasteiger partial charge in [0.1, 0.15) is 23.0 Å². The molecule has 148 valence electrons. The van der Waals surface area contributed by atoms with E-state index in [4.69, 9.17) is 30.5 Å². The maximum Gasteiger partial charge on any atom is 0.343 e. The molecule has 0 heterocycles. The SMILES string of the molecule is COc1ccc(OC(=O)c2ccc(OC(=O)c3ccc(OC)cc3)c(Cl)c2)cc1. The molecule has 7 heteroatoms. The number of hydrogen-bond acceptors (Lipinski definition) is 6. The summed E-state index contributed by atoms with van der Waals surface area (Å²) in [6, 6.07) is 17.3. The Kier molecular flexibility index (Phi) is 6.36. The molecule has 0 fully saturated rings. The molecule has 3 aromatic rings. The molecule has 29 heavy (non-hydrogen) atoms. The number of carbonyl (C=O) groups excluding carboxylic acids is 2. The van der Waals surface area contributed by atoms with Gasteiger partial charge in [0.25, 0.3) is 0 Å². The van der Waals surface area contributed by atoms with Gasteiger partial charge in [0.15, 0.2) is 0 Å². The first kappa shape index (κ1) is 20.2. The lowest BCUT2D eigenvalue weighted by atomic mass is 10.2. The molecule has 0 bridgehead atoms. The number of hydrogen-bond donors (Lipinski definition) is 0. The fourth-order valence-electron chi connectivity index (χ4n) is 2.41. The third kappa shape index (κ3) is 5.06. The lowest BCUT2D eigenvalue weighted by molar-refractivity contribution is 0.0730. The van der Waals surface area contributed by atoms with Gasteiger partial charge in [0.2, 0.25) is 0 Å². The number of rotatable bonds is 6. The summed E-state index contributed by atoms with van der Waals surface area (Å²) in [6.45, 7) is 0. The first-order valence-electron chi connectivity index (χ1n) is 8.52. The van der Waals surface area contributed by atoms with E-state index in [-0.39, 0.29) is 16.3 Å². The Morgan fingerprint density at radius 3 is 1.69 bits per heavy atom. The average molecular weight is 413 g/mol. The fourth-order valence-corrected chi connectivity index (χ4v) is 2.63. The molecule has 6 nitrogen and oxygen atoms in total. The van der Waals surface area contributed by atoms with Gasteiger partial charge in [0, 0.05) is 0 Å². The third-order valence-electron chi connectivity index (χ3n) is 3.97. The van der Waals surface area contributed by atoms with E-state index in [2.05, 4.69) is 0 Å². The summed E-state index contributed by atoms with van der Waals surface area (Å²) in [5.41, 5.74) is 0.555. The normalized spacial score (nSPS) is 10.2. The minimum atomic E-state index is -0.593. The highest BCUT2D eigenvalue weighted by Gasteiger charge is 2.15. The number of methoxy groups -OCH3 is 2. The maximum atomic E-state index is 12.3. The van der Waals surface area contributed by atoms with Crippen LogP contribution in [0.3, 0.4) is 0 Å². The molecule has 0 aromatic heterocycles. The lowest BCUT2D eigenvalue weighted by Crippen LogP contribution is -2.11. The van der Waals surface area contributed by atoms with E-state index in [0.29, 0.717) is 22.8 Å². The molecule has 0 spiro atoms. The number of esters is 2. The summed E-state index contributed by atoms with van der Waals surface area (Å²) >= 11 is 6.17. The van der Waals surface area contributed by atoms with Crippen LogP contribution >= 0.6 is 11.6 Å². The number of ether oxygens (including phenoxy) is 4. The van der Waals surface area contributed by atoms with Crippen LogP contribution in [0.2, 0.25) is 5.02 Å². The molecule has 0 aliphatic rings. The first-order valence-corrected chi connectivity index (χ1v) is 8.90. The van der Waals surface area contributed by atoms with E-state index in [1.165, 1.54) is 25.3 Å². The second-order valence-electron chi connectivity index (χ2n) is 5.83. The van der Waals surface area contributed by atoms with E-state index < -0.39 is 11.9 Å². The fraction of sp³-hybridized carbons (Fsp3) is 0.0909. The summed E-state index contributed by atoms with van der Waals surface area (Å²) < 4.78 is 20.7. The number of benzene rings is 3. The van der Waals surface area contributed by atoms with Crippen LogP contribution in [0.1, 0.15) is 20.7 Å². The van der Waals surface area contributed by atoms with Crippen molar-refractivity contribution in [2.24, 2.45) is 0 Å². The Balaban J connectivity index is 1.68. The molecule has 0 N–H and O–H groups in total. The van der Waals surface area contributed by atoms with Gasteiger partial charge >= 0.3 is 11.9 Å². The second-order valence-corrected chi connectivity index (χ2v) is 6.24. The minimum absolute atomic E-state index is 0.107. The van der Waals surface area contributed by atoms with Crippen molar-refractivity contribution >= 4 is 23.5 Å². The Labute approximate surface area is 172 Å². The molecule has 0 aliphatic carbocycles. The highest BCUT2D eigenvalue weighted by molar-refractivity contribution is 6.32. The zero-order valence-corrected chi connectivity index (χ0v) is 16.4. The van der Waals surface area contributed by atoms with Crippen molar-refractivity contribution in [3.8, 4) is 23.0 Å². The molecule has 0 saturated carbocycles. The molecular weight excluding hydrogens is 396 g/mol. The van der Waals surface area contributed by atoms with Crippen LogP contribution in [0.4, 0.5) is 0 Å². The Morgan fingerprint density at radius 2 is 1.14 bits per heavy atom. The van der Waals surface area contributed by atoms with Crippen LogP contribution in [0.15, 0.2) is 66.7 Å². The largest absolute Gasteiger partial charge is 0.497 e. The Morgan fingerprint density at radius 1 is 0.655 bits per heavy atom. The van der Waals surface area contributed by atoms with Gasteiger partial charge in [-0.05, 0) is 66.7 Å². The van der Waals surface area contributed by atoms with E-state index in [1.54, 1.807) is 55.6 Å². The van der Waals surface area contributed by atoms with Crippen LogP contribution in [0.25, 0.3) is 0 Å². The predicted octanol–water partition coefficient (Wildman–Crippen LogP) is 4.80. The van der Waals surface area contributed by atoms with Gasteiger partial charge in [-0.1, -0.05) is 11.6 Å². The topological polar surface area (TPSA) is 71.1 Å². The van der Waals surface area contributed by atoms with Gasteiger partial charge in [-0.2, -0.15) is 0 Å². The second kappa shape index (κ2) is 9.12. The van der Waals surface area contributed by atoms with Gasteiger partial charge in [0.05, 0.1) is 30.4 Å². The summed E-state index contributed by atoms with van der Waals surface area (Å²) in [5.74, 6) is 0.596. The van der Waals surface area contributed by atoms with Crippen molar-refractivity contribution in [2.75, 3.05) is 14.2 Å². The number of carbonyl (C=O) groups is 2. The summed E-state index contributed by atoms with van der Waals surface area (Å²) in [6.07, 6.45) is 0. The van der Waals surface area contributed by atoms with Crippen LogP contribution in [0.5, 0.6) is 23.0 Å². The van der Waals surface area contributed by atoms with Crippen LogP contribution in [-0.2, 0) is 0 Å². The van der Waals surface area contributed by atoms with E-state index in [0.717, 1.165) is 0 Å². The molecule has 0 amide bonds. The quantitative estimate of drug-likeness (QED) is 0.428. The summed E-state index contributed by atoms with van der Waals surface area (Å²) in [4.78, 5) is 24.6. The predicted molar refractivity (Wildman–Crippen MR) is 107 cm³/mol. The van der Waals surface area contributed by atoms with Crippen molar-refractivity contribution in [1.29, 1.82) is 0 Å².